The Morgan fingerprint density at radius 1 is 1.04 bits per heavy atom. The summed E-state index contributed by atoms with van der Waals surface area (Å²) in [5.41, 5.74) is 3.05. The molecule has 128 valence electrons. The molecule has 2 aromatic carbocycles. The van der Waals surface area contributed by atoms with Crippen LogP contribution < -0.4 is 5.32 Å². The Labute approximate surface area is 147 Å². The van der Waals surface area contributed by atoms with Crippen molar-refractivity contribution in [2.45, 2.75) is 32.0 Å². The van der Waals surface area contributed by atoms with Crippen molar-refractivity contribution in [1.29, 1.82) is 0 Å². The number of anilines is 1. The summed E-state index contributed by atoms with van der Waals surface area (Å²) in [5.74, 6) is 0.133. The van der Waals surface area contributed by atoms with Crippen LogP contribution in [0, 0.1) is 0 Å². The molecule has 1 aliphatic heterocycles. The normalized spacial score (nSPS) is 16.2. The summed E-state index contributed by atoms with van der Waals surface area (Å²) in [6.45, 7) is 3.22. The maximum absolute atomic E-state index is 10.0. The first kappa shape index (κ1) is 17.1. The van der Waals surface area contributed by atoms with Gasteiger partial charge in [0.1, 0.15) is 5.75 Å². The summed E-state index contributed by atoms with van der Waals surface area (Å²) < 4.78 is 0. The fraction of sp³-hybridized carbons (Fsp3) is 0.368. The molecule has 1 heterocycles. The minimum Gasteiger partial charge on any atom is -0.506 e. The first-order valence-corrected chi connectivity index (χ1v) is 8.70. The zero-order valence-corrected chi connectivity index (χ0v) is 14.3. The fourth-order valence-corrected chi connectivity index (χ4v) is 3.24. The van der Waals surface area contributed by atoms with Gasteiger partial charge in [-0.1, -0.05) is 41.9 Å². The van der Waals surface area contributed by atoms with Crippen LogP contribution in [0.4, 0.5) is 5.69 Å². The number of hydrogen-bond donors (Lipinski definition) is 3. The molecule has 1 fully saturated rings. The van der Waals surface area contributed by atoms with E-state index in [2.05, 4.69) is 22.3 Å². The minimum absolute atomic E-state index is 0.133. The number of aliphatic hydroxyl groups excluding tert-OH is 1. The van der Waals surface area contributed by atoms with Crippen LogP contribution in [0.15, 0.2) is 42.5 Å². The number of likely N-dealkylation sites (tertiary alicyclic amines) is 1. The van der Waals surface area contributed by atoms with Crippen molar-refractivity contribution in [3.8, 4) is 5.75 Å². The third-order valence-corrected chi connectivity index (χ3v) is 4.81. The van der Waals surface area contributed by atoms with Gasteiger partial charge in [-0.3, -0.25) is 4.90 Å². The van der Waals surface area contributed by atoms with E-state index in [0.29, 0.717) is 11.6 Å². The number of nitrogens with zero attached hydrogens (tertiary/aromatic N) is 1. The highest BCUT2D eigenvalue weighted by molar-refractivity contribution is 6.32. The smallest absolute Gasteiger partial charge is 0.139 e. The van der Waals surface area contributed by atoms with E-state index < -0.39 is 0 Å². The largest absolute Gasteiger partial charge is 0.506 e. The second-order valence-corrected chi connectivity index (χ2v) is 6.67. The van der Waals surface area contributed by atoms with E-state index in [0.717, 1.165) is 43.7 Å². The van der Waals surface area contributed by atoms with Gasteiger partial charge in [-0.15, -0.1) is 0 Å². The van der Waals surface area contributed by atoms with E-state index in [9.17, 15) is 10.2 Å². The summed E-state index contributed by atoms with van der Waals surface area (Å²) in [7, 11) is 0. The second-order valence-electron chi connectivity index (χ2n) is 6.27. The molecule has 0 unspecified atom stereocenters. The Kier molecular flexibility index (Phi) is 5.61. The molecule has 3 rings (SSSR count). The first-order chi connectivity index (χ1) is 11.6. The van der Waals surface area contributed by atoms with E-state index in [-0.39, 0.29) is 11.9 Å². The predicted octanol–water partition coefficient (Wildman–Crippen LogP) is 3.61. The topological polar surface area (TPSA) is 55.7 Å². The summed E-state index contributed by atoms with van der Waals surface area (Å²) in [5, 5.41) is 23.4. The molecule has 0 spiro atoms. The number of phenolic OH excluding ortho intramolecular Hbond substituents is 1. The van der Waals surface area contributed by atoms with Crippen molar-refractivity contribution < 1.29 is 10.2 Å². The molecule has 4 nitrogen and oxygen atoms in total. The van der Waals surface area contributed by atoms with Crippen LogP contribution in [0.2, 0.25) is 5.02 Å². The van der Waals surface area contributed by atoms with Gasteiger partial charge < -0.3 is 15.5 Å². The SMILES string of the molecule is Oc1c(Cl)cccc1CNc1ccccc1CN1CCC(O)CC1. The van der Waals surface area contributed by atoms with Gasteiger partial charge in [0.05, 0.1) is 11.1 Å². The average molecular weight is 347 g/mol. The Hall–Kier alpha value is -1.75. The molecular weight excluding hydrogens is 324 g/mol. The monoisotopic (exact) mass is 346 g/mol. The number of aliphatic hydroxyl groups is 1. The molecule has 0 atom stereocenters. The molecule has 0 radical (unpaired) electrons. The van der Waals surface area contributed by atoms with Crippen LogP contribution in [0.1, 0.15) is 24.0 Å². The molecule has 3 N–H and O–H groups in total. The number of rotatable bonds is 5. The van der Waals surface area contributed by atoms with E-state index in [1.807, 2.05) is 24.3 Å². The van der Waals surface area contributed by atoms with Crippen LogP contribution in [-0.2, 0) is 13.1 Å². The molecule has 0 bridgehead atoms. The van der Waals surface area contributed by atoms with Crippen LogP contribution in [-0.4, -0.2) is 34.3 Å². The lowest BCUT2D eigenvalue weighted by atomic mass is 10.1. The average Bonchev–Trinajstić information content (AvgIpc) is 2.59. The maximum Gasteiger partial charge on any atom is 0.139 e. The van der Waals surface area contributed by atoms with Gasteiger partial charge in [0.2, 0.25) is 0 Å². The summed E-state index contributed by atoms with van der Waals surface area (Å²) in [6.07, 6.45) is 1.53. The minimum atomic E-state index is -0.152. The van der Waals surface area contributed by atoms with Gasteiger partial charge in [0, 0.05) is 37.4 Å². The zero-order chi connectivity index (χ0) is 16.9. The number of nitrogens with one attached hydrogen (secondary N) is 1. The highest BCUT2D eigenvalue weighted by Crippen LogP contribution is 2.28. The third-order valence-electron chi connectivity index (χ3n) is 4.51. The molecule has 5 heteroatoms. The van der Waals surface area contributed by atoms with Crippen molar-refractivity contribution in [2.24, 2.45) is 0 Å². The van der Waals surface area contributed by atoms with Gasteiger partial charge in [-0.25, -0.2) is 0 Å². The molecule has 2 aromatic rings. The Morgan fingerprint density at radius 3 is 2.54 bits per heavy atom. The number of halogens is 1. The molecule has 1 saturated heterocycles. The van der Waals surface area contributed by atoms with Crippen LogP contribution in [0.5, 0.6) is 5.75 Å². The first-order valence-electron chi connectivity index (χ1n) is 8.32. The molecule has 24 heavy (non-hydrogen) atoms. The number of phenols is 1. The van der Waals surface area contributed by atoms with E-state index in [4.69, 9.17) is 11.6 Å². The van der Waals surface area contributed by atoms with E-state index >= 15 is 0 Å². The van der Waals surface area contributed by atoms with Gasteiger partial charge >= 0.3 is 0 Å². The molecule has 0 saturated carbocycles. The van der Waals surface area contributed by atoms with Crippen molar-refractivity contribution >= 4 is 17.3 Å². The van der Waals surface area contributed by atoms with Gasteiger partial charge in [-0.2, -0.15) is 0 Å². The summed E-state index contributed by atoms with van der Waals surface area (Å²) in [6, 6.07) is 13.6. The highest BCUT2D eigenvalue weighted by Gasteiger charge is 2.17. The molecular formula is C19H23ClN2O2. The van der Waals surface area contributed by atoms with Gasteiger partial charge in [0.15, 0.2) is 0 Å². The van der Waals surface area contributed by atoms with Gasteiger partial charge in [-0.05, 0) is 30.5 Å². The third kappa shape index (κ3) is 4.20. The quantitative estimate of drug-likeness (QED) is 0.774. The molecule has 1 aliphatic rings. The summed E-state index contributed by atoms with van der Waals surface area (Å²) >= 11 is 5.96. The van der Waals surface area contributed by atoms with Crippen LogP contribution in [0.25, 0.3) is 0 Å². The Bertz CT molecular complexity index is 685. The number of piperidine rings is 1. The number of hydrogen-bond acceptors (Lipinski definition) is 4. The summed E-state index contributed by atoms with van der Waals surface area (Å²) in [4.78, 5) is 2.37. The van der Waals surface area contributed by atoms with Crippen molar-refractivity contribution in [1.82, 2.24) is 4.90 Å². The van der Waals surface area contributed by atoms with Crippen LogP contribution in [0.3, 0.4) is 0 Å². The Balaban J connectivity index is 1.67. The predicted molar refractivity (Wildman–Crippen MR) is 97.4 cm³/mol. The fourth-order valence-electron chi connectivity index (χ4n) is 3.04. The maximum atomic E-state index is 10.0. The number of aromatic hydroxyl groups is 1. The highest BCUT2D eigenvalue weighted by atomic mass is 35.5. The molecule has 0 aliphatic carbocycles. The molecule has 0 aromatic heterocycles. The van der Waals surface area contributed by atoms with E-state index in [1.165, 1.54) is 5.56 Å². The van der Waals surface area contributed by atoms with Crippen LogP contribution >= 0.6 is 11.6 Å². The lowest BCUT2D eigenvalue weighted by molar-refractivity contribution is 0.0793. The second kappa shape index (κ2) is 7.88. The zero-order valence-electron chi connectivity index (χ0n) is 13.6. The van der Waals surface area contributed by atoms with Crippen molar-refractivity contribution in [3.05, 3.63) is 58.6 Å². The number of para-hydroxylation sites is 2. The standard InChI is InChI=1S/C19H23ClN2O2/c20-17-6-3-5-14(19(17)24)12-21-18-7-2-1-4-15(18)13-22-10-8-16(23)9-11-22/h1-7,16,21,23-24H,8-13H2. The van der Waals surface area contributed by atoms with Crippen molar-refractivity contribution in [2.75, 3.05) is 18.4 Å². The lowest BCUT2D eigenvalue weighted by Gasteiger charge is -2.30. The van der Waals surface area contributed by atoms with Gasteiger partial charge in [0.25, 0.3) is 0 Å². The lowest BCUT2D eigenvalue weighted by Crippen LogP contribution is -2.35. The molecule has 0 amide bonds. The Morgan fingerprint density at radius 2 is 1.75 bits per heavy atom. The van der Waals surface area contributed by atoms with E-state index in [1.54, 1.807) is 6.07 Å². The number of benzene rings is 2. The van der Waals surface area contributed by atoms with Crippen molar-refractivity contribution in [3.63, 3.8) is 0 Å².